The Kier molecular flexibility index (Phi) is 9.57. The zero-order valence-electron chi connectivity index (χ0n) is 17.5. The summed E-state index contributed by atoms with van der Waals surface area (Å²) < 4.78 is 27.1. The van der Waals surface area contributed by atoms with Gasteiger partial charge in [0.25, 0.3) is 0 Å². The van der Waals surface area contributed by atoms with Crippen molar-refractivity contribution in [2.75, 3.05) is 26.7 Å². The van der Waals surface area contributed by atoms with E-state index in [-0.39, 0.29) is 24.0 Å². The van der Waals surface area contributed by atoms with Crippen LogP contribution in [0.5, 0.6) is 0 Å². The van der Waals surface area contributed by atoms with E-state index in [0.717, 1.165) is 31.9 Å². The molecule has 30 heavy (non-hydrogen) atoms. The number of piperidine rings is 1. The molecule has 1 aliphatic heterocycles. The van der Waals surface area contributed by atoms with Crippen LogP contribution in [0.3, 0.4) is 0 Å². The highest BCUT2D eigenvalue weighted by Gasteiger charge is 2.29. The minimum absolute atomic E-state index is 0. The molecule has 164 valence electrons. The Hall–Kier alpha value is -1.65. The Labute approximate surface area is 197 Å². The van der Waals surface area contributed by atoms with Gasteiger partial charge in [-0.15, -0.1) is 24.0 Å². The van der Waals surface area contributed by atoms with E-state index in [9.17, 15) is 8.42 Å². The predicted molar refractivity (Wildman–Crippen MR) is 133 cm³/mol. The summed E-state index contributed by atoms with van der Waals surface area (Å²) in [5, 5.41) is 6.74. The van der Waals surface area contributed by atoms with Crippen LogP contribution in [-0.2, 0) is 16.6 Å². The van der Waals surface area contributed by atoms with Gasteiger partial charge in [0.1, 0.15) is 0 Å². The Balaban J connectivity index is 0.00000320. The minimum Gasteiger partial charge on any atom is -0.356 e. The highest BCUT2D eigenvalue weighted by atomic mass is 127. The van der Waals surface area contributed by atoms with Crippen molar-refractivity contribution >= 4 is 40.0 Å². The molecule has 1 heterocycles. The molecule has 0 radical (unpaired) electrons. The average molecular weight is 542 g/mol. The van der Waals surface area contributed by atoms with Crippen LogP contribution >= 0.6 is 24.0 Å². The Morgan fingerprint density at radius 3 is 2.30 bits per heavy atom. The largest absolute Gasteiger partial charge is 0.356 e. The summed E-state index contributed by atoms with van der Waals surface area (Å²) in [4.78, 5) is 4.67. The Morgan fingerprint density at radius 1 is 1.03 bits per heavy atom. The van der Waals surface area contributed by atoms with Crippen molar-refractivity contribution in [3.63, 3.8) is 0 Å². The average Bonchev–Trinajstić information content (AvgIpc) is 2.76. The first-order valence-electron chi connectivity index (χ1n) is 10.0. The third-order valence-corrected chi connectivity index (χ3v) is 7.36. The molecule has 2 N–H and O–H groups in total. The van der Waals surface area contributed by atoms with E-state index in [1.54, 1.807) is 35.6 Å². The maximum absolute atomic E-state index is 12.7. The smallest absolute Gasteiger partial charge is 0.243 e. The standard InChI is InChI=1S/C22H30N4O2S.HI/c1-18-8-6-7-9-20(18)17-25-22(23-2)24-16-19-12-14-26(15-13-19)29(27,28)21-10-4-3-5-11-21;/h3-11,19H,12-17H2,1-2H3,(H2,23,24,25);1H. The number of hydrogen-bond donors (Lipinski definition) is 2. The number of aryl methyl sites for hydroxylation is 1. The summed E-state index contributed by atoms with van der Waals surface area (Å²) in [6, 6.07) is 17.0. The van der Waals surface area contributed by atoms with Crippen molar-refractivity contribution in [2.45, 2.75) is 31.2 Å². The number of nitrogens with one attached hydrogen (secondary N) is 2. The second-order valence-electron chi connectivity index (χ2n) is 7.39. The van der Waals surface area contributed by atoms with Gasteiger partial charge in [-0.25, -0.2) is 8.42 Å². The number of sulfonamides is 1. The molecule has 0 saturated carbocycles. The lowest BCUT2D eigenvalue weighted by Crippen LogP contribution is -2.44. The van der Waals surface area contributed by atoms with Crippen molar-refractivity contribution in [2.24, 2.45) is 10.9 Å². The molecule has 1 saturated heterocycles. The zero-order chi connectivity index (χ0) is 20.7. The van der Waals surface area contributed by atoms with Crippen LogP contribution in [0.4, 0.5) is 0 Å². The first kappa shape index (κ1) is 24.6. The van der Waals surface area contributed by atoms with Crippen LogP contribution in [0.15, 0.2) is 64.5 Å². The van der Waals surface area contributed by atoms with Crippen molar-refractivity contribution < 1.29 is 8.42 Å². The molecule has 3 rings (SSSR count). The molecule has 0 spiro atoms. The Morgan fingerprint density at radius 2 is 1.67 bits per heavy atom. The van der Waals surface area contributed by atoms with Crippen LogP contribution in [0.2, 0.25) is 0 Å². The fourth-order valence-corrected chi connectivity index (χ4v) is 5.04. The normalized spacial score (nSPS) is 16.0. The first-order chi connectivity index (χ1) is 14.0. The van der Waals surface area contributed by atoms with Gasteiger partial charge < -0.3 is 10.6 Å². The number of benzene rings is 2. The van der Waals surface area contributed by atoms with E-state index in [4.69, 9.17) is 0 Å². The number of nitrogens with zero attached hydrogens (tertiary/aromatic N) is 2. The second kappa shape index (κ2) is 11.7. The van der Waals surface area contributed by atoms with Crippen molar-refractivity contribution in [1.29, 1.82) is 0 Å². The fraction of sp³-hybridized carbons (Fsp3) is 0.409. The summed E-state index contributed by atoms with van der Waals surface area (Å²) in [6.07, 6.45) is 1.68. The summed E-state index contributed by atoms with van der Waals surface area (Å²) in [5.41, 5.74) is 2.50. The predicted octanol–water partition coefficient (Wildman–Crippen LogP) is 3.38. The molecule has 0 unspecified atom stereocenters. The van der Waals surface area contributed by atoms with Crippen LogP contribution in [0.25, 0.3) is 0 Å². The molecule has 6 nitrogen and oxygen atoms in total. The maximum atomic E-state index is 12.7. The molecule has 1 fully saturated rings. The van der Waals surface area contributed by atoms with Gasteiger partial charge in [-0.3, -0.25) is 4.99 Å². The van der Waals surface area contributed by atoms with Crippen molar-refractivity contribution in [1.82, 2.24) is 14.9 Å². The molecule has 1 aliphatic rings. The molecule has 0 bridgehead atoms. The topological polar surface area (TPSA) is 73.8 Å². The zero-order valence-corrected chi connectivity index (χ0v) is 20.7. The number of rotatable bonds is 6. The van der Waals surface area contributed by atoms with Gasteiger partial charge in [-0.2, -0.15) is 4.31 Å². The Bertz CT molecular complexity index is 927. The van der Waals surface area contributed by atoms with E-state index >= 15 is 0 Å². The minimum atomic E-state index is -3.39. The van der Waals surface area contributed by atoms with E-state index in [1.165, 1.54) is 11.1 Å². The molecule has 0 atom stereocenters. The van der Waals surface area contributed by atoms with Gasteiger partial charge in [0, 0.05) is 33.2 Å². The van der Waals surface area contributed by atoms with Gasteiger partial charge in [0.2, 0.25) is 10.0 Å². The van der Waals surface area contributed by atoms with Gasteiger partial charge >= 0.3 is 0 Å². The quantitative estimate of drug-likeness (QED) is 0.334. The van der Waals surface area contributed by atoms with Gasteiger partial charge in [-0.05, 0) is 48.9 Å². The molecule has 2 aromatic carbocycles. The number of halogens is 1. The summed E-state index contributed by atoms with van der Waals surface area (Å²) in [7, 11) is -1.62. The summed E-state index contributed by atoms with van der Waals surface area (Å²) in [5.74, 6) is 1.20. The molecular weight excluding hydrogens is 511 g/mol. The lowest BCUT2D eigenvalue weighted by atomic mass is 9.98. The molecule has 0 amide bonds. The lowest BCUT2D eigenvalue weighted by Gasteiger charge is -2.31. The van der Waals surface area contributed by atoms with Crippen LogP contribution in [-0.4, -0.2) is 45.4 Å². The lowest BCUT2D eigenvalue weighted by molar-refractivity contribution is 0.273. The van der Waals surface area contributed by atoms with E-state index in [1.807, 2.05) is 18.2 Å². The van der Waals surface area contributed by atoms with Crippen LogP contribution < -0.4 is 10.6 Å². The van der Waals surface area contributed by atoms with Gasteiger partial charge in [-0.1, -0.05) is 42.5 Å². The summed E-state index contributed by atoms with van der Waals surface area (Å²) in [6.45, 7) is 4.72. The van der Waals surface area contributed by atoms with E-state index < -0.39 is 10.0 Å². The van der Waals surface area contributed by atoms with Crippen molar-refractivity contribution in [3.8, 4) is 0 Å². The number of hydrogen-bond acceptors (Lipinski definition) is 3. The highest BCUT2D eigenvalue weighted by Crippen LogP contribution is 2.23. The van der Waals surface area contributed by atoms with Gasteiger partial charge in [0.15, 0.2) is 5.96 Å². The molecule has 0 aromatic heterocycles. The molecule has 8 heteroatoms. The van der Waals surface area contributed by atoms with Crippen molar-refractivity contribution in [3.05, 3.63) is 65.7 Å². The molecule has 0 aliphatic carbocycles. The molecular formula is C22H31IN4O2S. The fourth-order valence-electron chi connectivity index (χ4n) is 3.54. The monoisotopic (exact) mass is 542 g/mol. The number of guanidine groups is 1. The second-order valence-corrected chi connectivity index (χ2v) is 9.33. The van der Waals surface area contributed by atoms with Gasteiger partial charge in [0.05, 0.1) is 4.90 Å². The maximum Gasteiger partial charge on any atom is 0.243 e. The third kappa shape index (κ3) is 6.42. The highest BCUT2D eigenvalue weighted by molar-refractivity contribution is 14.0. The van der Waals surface area contributed by atoms with E-state index in [0.29, 0.717) is 23.9 Å². The molecule has 2 aromatic rings. The third-order valence-electron chi connectivity index (χ3n) is 5.44. The SMILES string of the molecule is CN=C(NCc1ccccc1C)NCC1CCN(S(=O)(=O)c2ccccc2)CC1.I. The van der Waals surface area contributed by atoms with E-state index in [2.05, 4.69) is 34.7 Å². The summed E-state index contributed by atoms with van der Waals surface area (Å²) >= 11 is 0. The first-order valence-corrected chi connectivity index (χ1v) is 11.5. The number of aliphatic imine (C=N–C) groups is 1. The van der Waals surface area contributed by atoms with Crippen LogP contribution in [0.1, 0.15) is 24.0 Å². The van der Waals surface area contributed by atoms with Crippen LogP contribution in [0, 0.1) is 12.8 Å².